The molecule has 0 fully saturated rings. The lowest BCUT2D eigenvalue weighted by Crippen LogP contribution is -2.39. The summed E-state index contributed by atoms with van der Waals surface area (Å²) in [6.07, 6.45) is 0. The first kappa shape index (κ1) is 13.2. The summed E-state index contributed by atoms with van der Waals surface area (Å²) >= 11 is 0. The van der Waals surface area contributed by atoms with E-state index in [4.69, 9.17) is 15.0 Å². The first-order valence-corrected chi connectivity index (χ1v) is 5.18. The molecule has 2 N–H and O–H groups in total. The maximum Gasteiger partial charge on any atom is 0.305 e. The van der Waals surface area contributed by atoms with Gasteiger partial charge in [0.05, 0.1) is 0 Å². The summed E-state index contributed by atoms with van der Waals surface area (Å²) < 4.78 is 4.90. The van der Waals surface area contributed by atoms with Gasteiger partial charge in [0, 0.05) is 26.3 Å². The molecule has 0 saturated heterocycles. The zero-order valence-electron chi connectivity index (χ0n) is 10.1. The van der Waals surface area contributed by atoms with Crippen molar-refractivity contribution in [3.8, 4) is 0 Å². The molecular formula is C12H16N2O3. The topological polar surface area (TPSA) is 71.4 Å². The largest absolute Gasteiger partial charge is 0.432 e. The van der Waals surface area contributed by atoms with E-state index in [1.807, 2.05) is 18.2 Å². The minimum absolute atomic E-state index is 0.103. The van der Waals surface area contributed by atoms with E-state index < -0.39 is 11.8 Å². The summed E-state index contributed by atoms with van der Waals surface area (Å²) in [7, 11) is 0. The van der Waals surface area contributed by atoms with Crippen LogP contribution >= 0.6 is 0 Å². The van der Waals surface area contributed by atoms with E-state index >= 15 is 0 Å². The van der Waals surface area contributed by atoms with Crippen LogP contribution in [0, 0.1) is 5.41 Å². The van der Waals surface area contributed by atoms with Crippen LogP contribution in [0.15, 0.2) is 30.3 Å². The molecule has 0 bridgehead atoms. The number of benzene rings is 1. The number of rotatable bonds is 4. The molecule has 0 atom stereocenters. The van der Waals surface area contributed by atoms with Gasteiger partial charge in [0.15, 0.2) is 0 Å². The molecule has 0 spiro atoms. The Kier molecular flexibility index (Phi) is 4.23. The lowest BCUT2D eigenvalue weighted by atomic mass is 10.2. The van der Waals surface area contributed by atoms with Gasteiger partial charge in [0.2, 0.25) is 5.79 Å². The first-order chi connectivity index (χ1) is 7.91. The molecule has 0 saturated carbocycles. The maximum absolute atomic E-state index is 10.8. The van der Waals surface area contributed by atoms with E-state index in [-0.39, 0.29) is 5.84 Å². The molecule has 0 aliphatic rings. The Morgan fingerprint density at radius 2 is 1.88 bits per heavy atom. The lowest BCUT2D eigenvalue weighted by molar-refractivity contribution is -0.227. The fourth-order valence-electron chi connectivity index (χ4n) is 1.20. The van der Waals surface area contributed by atoms with Gasteiger partial charge in [0.25, 0.3) is 0 Å². The molecule has 0 amide bonds. The molecule has 0 heterocycles. The zero-order chi connectivity index (χ0) is 12.9. The summed E-state index contributed by atoms with van der Waals surface area (Å²) in [5.74, 6) is -1.46. The second-order valence-electron chi connectivity index (χ2n) is 3.94. The van der Waals surface area contributed by atoms with Crippen molar-refractivity contribution < 1.29 is 14.4 Å². The fraction of sp³-hybridized carbons (Fsp3) is 0.333. The predicted molar refractivity (Wildman–Crippen MR) is 63.3 cm³/mol. The molecule has 1 aromatic carbocycles. The van der Waals surface area contributed by atoms with Crippen LogP contribution < -0.4 is 5.48 Å². The number of hydrogen-bond donors (Lipinski definition) is 2. The van der Waals surface area contributed by atoms with Gasteiger partial charge in [-0.1, -0.05) is 30.3 Å². The van der Waals surface area contributed by atoms with Crippen molar-refractivity contribution in [2.45, 2.75) is 26.6 Å². The van der Waals surface area contributed by atoms with Crippen molar-refractivity contribution in [1.82, 2.24) is 5.48 Å². The maximum atomic E-state index is 10.8. The van der Waals surface area contributed by atoms with Crippen LogP contribution in [0.5, 0.6) is 0 Å². The highest BCUT2D eigenvalue weighted by atomic mass is 16.8. The van der Waals surface area contributed by atoms with Gasteiger partial charge in [-0.2, -0.15) is 0 Å². The Morgan fingerprint density at radius 3 is 2.41 bits per heavy atom. The van der Waals surface area contributed by atoms with E-state index in [9.17, 15) is 4.79 Å². The number of hydroxylamine groups is 1. The SMILES string of the molecule is CC(=O)OC(C)(C)ONC(=N)c1ccccc1. The Bertz CT molecular complexity index is 401. The van der Waals surface area contributed by atoms with E-state index in [1.54, 1.807) is 26.0 Å². The van der Waals surface area contributed by atoms with Crippen molar-refractivity contribution in [3.63, 3.8) is 0 Å². The Balaban J connectivity index is 2.51. The molecule has 0 aliphatic carbocycles. The zero-order valence-corrected chi connectivity index (χ0v) is 10.1. The van der Waals surface area contributed by atoms with Crippen LogP contribution in [0.1, 0.15) is 26.3 Å². The molecule has 1 aromatic rings. The molecule has 92 valence electrons. The Hall–Kier alpha value is -1.88. The van der Waals surface area contributed by atoms with E-state index in [0.29, 0.717) is 5.56 Å². The van der Waals surface area contributed by atoms with Gasteiger partial charge in [0.1, 0.15) is 5.84 Å². The molecule has 1 rings (SSSR count). The van der Waals surface area contributed by atoms with Crippen LogP contribution in [0.4, 0.5) is 0 Å². The quantitative estimate of drug-likeness (QED) is 0.275. The monoisotopic (exact) mass is 236 g/mol. The minimum atomic E-state index is -1.12. The number of amidine groups is 1. The third-order valence-corrected chi connectivity index (χ3v) is 1.85. The van der Waals surface area contributed by atoms with Crippen LogP contribution in [-0.4, -0.2) is 17.6 Å². The second-order valence-corrected chi connectivity index (χ2v) is 3.94. The number of carbonyl (C=O) groups is 1. The normalized spacial score (nSPS) is 10.8. The van der Waals surface area contributed by atoms with Crippen LogP contribution in [0.25, 0.3) is 0 Å². The van der Waals surface area contributed by atoms with Crippen molar-refractivity contribution in [3.05, 3.63) is 35.9 Å². The van der Waals surface area contributed by atoms with E-state index in [2.05, 4.69) is 5.48 Å². The third kappa shape index (κ3) is 4.65. The summed E-state index contributed by atoms with van der Waals surface area (Å²) in [6, 6.07) is 9.06. The van der Waals surface area contributed by atoms with Gasteiger partial charge < -0.3 is 4.74 Å². The van der Waals surface area contributed by atoms with E-state index in [1.165, 1.54) is 6.92 Å². The predicted octanol–water partition coefficient (Wildman–Crippen LogP) is 1.83. The van der Waals surface area contributed by atoms with Gasteiger partial charge in [-0.25, -0.2) is 10.3 Å². The Morgan fingerprint density at radius 1 is 1.29 bits per heavy atom. The lowest BCUT2D eigenvalue weighted by Gasteiger charge is -2.24. The third-order valence-electron chi connectivity index (χ3n) is 1.85. The number of nitrogens with one attached hydrogen (secondary N) is 2. The van der Waals surface area contributed by atoms with Gasteiger partial charge >= 0.3 is 5.97 Å². The smallest absolute Gasteiger partial charge is 0.305 e. The highest BCUT2D eigenvalue weighted by molar-refractivity contribution is 5.95. The molecule has 17 heavy (non-hydrogen) atoms. The van der Waals surface area contributed by atoms with Crippen molar-refractivity contribution in [1.29, 1.82) is 5.41 Å². The second kappa shape index (κ2) is 5.45. The molecule has 0 aliphatic heterocycles. The first-order valence-electron chi connectivity index (χ1n) is 5.18. The summed E-state index contributed by atoms with van der Waals surface area (Å²) in [5, 5.41) is 7.72. The highest BCUT2D eigenvalue weighted by Gasteiger charge is 2.23. The van der Waals surface area contributed by atoms with Crippen molar-refractivity contribution >= 4 is 11.8 Å². The molecule has 0 radical (unpaired) electrons. The van der Waals surface area contributed by atoms with Crippen LogP contribution in [-0.2, 0) is 14.4 Å². The summed E-state index contributed by atoms with van der Waals surface area (Å²) in [5.41, 5.74) is 3.14. The molecular weight excluding hydrogens is 220 g/mol. The van der Waals surface area contributed by atoms with Crippen LogP contribution in [0.3, 0.4) is 0 Å². The molecule has 0 aromatic heterocycles. The Labute approximate surface area is 100 Å². The number of ether oxygens (including phenoxy) is 1. The minimum Gasteiger partial charge on any atom is -0.432 e. The average Bonchev–Trinajstić information content (AvgIpc) is 2.25. The molecule has 0 unspecified atom stereocenters. The fourth-order valence-corrected chi connectivity index (χ4v) is 1.20. The van der Waals surface area contributed by atoms with Crippen molar-refractivity contribution in [2.24, 2.45) is 0 Å². The van der Waals surface area contributed by atoms with Gasteiger partial charge in [-0.15, -0.1) is 0 Å². The molecule has 5 nitrogen and oxygen atoms in total. The van der Waals surface area contributed by atoms with Crippen LogP contribution in [0.2, 0.25) is 0 Å². The van der Waals surface area contributed by atoms with E-state index in [0.717, 1.165) is 0 Å². The average molecular weight is 236 g/mol. The van der Waals surface area contributed by atoms with Gasteiger partial charge in [-0.05, 0) is 0 Å². The molecule has 5 heteroatoms. The number of hydrogen-bond acceptors (Lipinski definition) is 4. The van der Waals surface area contributed by atoms with Gasteiger partial charge in [-0.3, -0.25) is 10.2 Å². The number of carbonyl (C=O) groups excluding carboxylic acids is 1. The summed E-state index contributed by atoms with van der Waals surface area (Å²) in [4.78, 5) is 15.9. The number of esters is 1. The highest BCUT2D eigenvalue weighted by Crippen LogP contribution is 2.10. The van der Waals surface area contributed by atoms with Crippen molar-refractivity contribution in [2.75, 3.05) is 0 Å². The standard InChI is InChI=1S/C12H16N2O3/c1-9(15)16-12(2,3)17-14-11(13)10-7-5-4-6-8-10/h4-8H,1-3H3,(H2,13,14). The summed E-state index contributed by atoms with van der Waals surface area (Å²) in [6.45, 7) is 4.47.